The maximum atomic E-state index is 12.3. The second-order valence-corrected chi connectivity index (χ2v) is 10.4. The lowest BCUT2D eigenvalue weighted by molar-refractivity contribution is -0.145. The molecule has 1 saturated carbocycles. The standard InChI is InChI=1S/C27H33ClN2O4/c1-17(26(31)33-3)25(19-5-6-19)20-7-4-18-8-9-27(34-23(18)14-20)10-12-30(13-11-27)22-15-24(32-2)29-16-21(22)28/h4,7,14-17,19,25H,5-6,8-13H2,1-3H3/t17-,25-/m0/s1. The number of halogens is 1. The Labute approximate surface area is 206 Å². The highest BCUT2D eigenvalue weighted by Gasteiger charge is 2.42. The third kappa shape index (κ3) is 4.45. The third-order valence-corrected chi connectivity index (χ3v) is 8.22. The van der Waals surface area contributed by atoms with Gasteiger partial charge in [0, 0.05) is 32.0 Å². The van der Waals surface area contributed by atoms with Crippen molar-refractivity contribution in [1.82, 2.24) is 4.98 Å². The number of aromatic nitrogens is 1. The number of aryl methyl sites for hydroxylation is 1. The largest absolute Gasteiger partial charge is 0.487 e. The SMILES string of the molecule is COC(=O)[C@@H](C)[C@H](c1ccc2c(c1)OC1(CC2)CCN(c2cc(OC)ncc2Cl)CC1)C1CC1. The summed E-state index contributed by atoms with van der Waals surface area (Å²) in [5, 5.41) is 0.641. The molecule has 3 heterocycles. The van der Waals surface area contributed by atoms with Gasteiger partial charge >= 0.3 is 5.97 Å². The molecule has 7 heteroatoms. The highest BCUT2D eigenvalue weighted by atomic mass is 35.5. The van der Waals surface area contributed by atoms with Crippen molar-refractivity contribution in [3.05, 3.63) is 46.6 Å². The Morgan fingerprint density at radius 1 is 1.21 bits per heavy atom. The molecule has 2 fully saturated rings. The first kappa shape index (κ1) is 23.3. The van der Waals surface area contributed by atoms with E-state index in [2.05, 4.69) is 28.1 Å². The van der Waals surface area contributed by atoms with E-state index < -0.39 is 0 Å². The van der Waals surface area contributed by atoms with Gasteiger partial charge in [0.25, 0.3) is 0 Å². The van der Waals surface area contributed by atoms with Crippen molar-refractivity contribution >= 4 is 23.3 Å². The summed E-state index contributed by atoms with van der Waals surface area (Å²) in [4.78, 5) is 18.8. The highest BCUT2D eigenvalue weighted by Crippen LogP contribution is 2.49. The first-order valence-electron chi connectivity index (χ1n) is 12.3. The lowest BCUT2D eigenvalue weighted by atomic mass is 9.80. The number of esters is 1. The summed E-state index contributed by atoms with van der Waals surface area (Å²) in [5.41, 5.74) is 3.27. The summed E-state index contributed by atoms with van der Waals surface area (Å²) in [6, 6.07) is 8.51. The average Bonchev–Trinajstić information content (AvgIpc) is 3.69. The topological polar surface area (TPSA) is 60.9 Å². The van der Waals surface area contributed by atoms with Crippen LogP contribution in [0.25, 0.3) is 0 Å². The van der Waals surface area contributed by atoms with Crippen LogP contribution in [-0.4, -0.2) is 43.9 Å². The molecule has 1 aromatic heterocycles. The summed E-state index contributed by atoms with van der Waals surface area (Å²) >= 11 is 6.44. The Morgan fingerprint density at radius 3 is 2.65 bits per heavy atom. The van der Waals surface area contributed by atoms with Gasteiger partial charge in [-0.1, -0.05) is 30.7 Å². The summed E-state index contributed by atoms with van der Waals surface area (Å²) < 4.78 is 17.1. The Balaban J connectivity index is 1.33. The van der Waals surface area contributed by atoms with E-state index in [1.165, 1.54) is 31.1 Å². The maximum absolute atomic E-state index is 12.3. The molecule has 0 bridgehead atoms. The van der Waals surface area contributed by atoms with Gasteiger partial charge in [0.15, 0.2) is 0 Å². The number of hydrogen-bond donors (Lipinski definition) is 0. The van der Waals surface area contributed by atoms with E-state index in [-0.39, 0.29) is 23.4 Å². The fourth-order valence-corrected chi connectivity index (χ4v) is 5.98. The quantitative estimate of drug-likeness (QED) is 0.511. The normalized spacial score (nSPS) is 20.8. The summed E-state index contributed by atoms with van der Waals surface area (Å²) in [5.74, 6) is 2.01. The molecule has 3 aliphatic rings. The number of hydrogen-bond acceptors (Lipinski definition) is 6. The molecule has 2 atom stereocenters. The molecule has 182 valence electrons. The molecule has 2 aliphatic heterocycles. The smallest absolute Gasteiger partial charge is 0.309 e. The van der Waals surface area contributed by atoms with Crippen LogP contribution in [0.5, 0.6) is 11.6 Å². The van der Waals surface area contributed by atoms with Crippen molar-refractivity contribution in [2.24, 2.45) is 11.8 Å². The zero-order chi connectivity index (χ0) is 23.9. The van der Waals surface area contributed by atoms with Gasteiger partial charge in [-0.2, -0.15) is 0 Å². The number of pyridine rings is 1. The molecular weight excluding hydrogens is 452 g/mol. The Morgan fingerprint density at radius 2 is 1.97 bits per heavy atom. The summed E-state index contributed by atoms with van der Waals surface area (Å²) in [6.07, 6.45) is 7.90. The van der Waals surface area contributed by atoms with Gasteiger partial charge in [-0.25, -0.2) is 4.98 Å². The number of ether oxygens (including phenoxy) is 3. The zero-order valence-corrected chi connectivity index (χ0v) is 20.9. The molecule has 1 aliphatic carbocycles. The van der Waals surface area contributed by atoms with Crippen LogP contribution in [0.15, 0.2) is 30.5 Å². The van der Waals surface area contributed by atoms with Gasteiger partial charge in [0.1, 0.15) is 11.4 Å². The minimum atomic E-state index is -0.158. The first-order chi connectivity index (χ1) is 16.4. The Bertz CT molecular complexity index is 1060. The van der Waals surface area contributed by atoms with E-state index in [1.807, 2.05) is 13.0 Å². The van der Waals surface area contributed by atoms with Crippen LogP contribution >= 0.6 is 11.6 Å². The van der Waals surface area contributed by atoms with Crippen LogP contribution < -0.4 is 14.4 Å². The van der Waals surface area contributed by atoms with E-state index in [9.17, 15) is 4.79 Å². The molecule has 1 spiro atoms. The van der Waals surface area contributed by atoms with Crippen molar-refractivity contribution in [3.8, 4) is 11.6 Å². The zero-order valence-electron chi connectivity index (χ0n) is 20.2. The number of piperidine rings is 1. The second kappa shape index (κ2) is 9.29. The molecule has 0 N–H and O–H groups in total. The molecule has 0 unspecified atom stereocenters. The molecule has 2 aromatic rings. The molecule has 34 heavy (non-hydrogen) atoms. The molecular formula is C27H33ClN2O4. The van der Waals surface area contributed by atoms with Crippen molar-refractivity contribution in [3.63, 3.8) is 0 Å². The van der Waals surface area contributed by atoms with Crippen LogP contribution in [0.4, 0.5) is 5.69 Å². The van der Waals surface area contributed by atoms with Crippen LogP contribution in [0.3, 0.4) is 0 Å². The monoisotopic (exact) mass is 484 g/mol. The minimum absolute atomic E-state index is 0.134. The number of benzene rings is 1. The van der Waals surface area contributed by atoms with Gasteiger partial charge < -0.3 is 19.1 Å². The number of rotatable bonds is 6. The number of fused-ring (bicyclic) bond motifs is 1. The average molecular weight is 485 g/mol. The third-order valence-electron chi connectivity index (χ3n) is 7.93. The van der Waals surface area contributed by atoms with Crippen LogP contribution in [-0.2, 0) is 16.0 Å². The number of anilines is 1. The van der Waals surface area contributed by atoms with E-state index >= 15 is 0 Å². The van der Waals surface area contributed by atoms with E-state index in [1.54, 1.807) is 13.3 Å². The highest BCUT2D eigenvalue weighted by molar-refractivity contribution is 6.33. The fourth-order valence-electron chi connectivity index (χ4n) is 5.75. The second-order valence-electron chi connectivity index (χ2n) is 9.99. The molecule has 1 saturated heterocycles. The van der Waals surface area contributed by atoms with Gasteiger partial charge in [0.2, 0.25) is 5.88 Å². The lowest BCUT2D eigenvalue weighted by Crippen LogP contribution is -2.50. The maximum Gasteiger partial charge on any atom is 0.309 e. The Kier molecular flexibility index (Phi) is 6.36. The van der Waals surface area contributed by atoms with Crippen LogP contribution in [0.1, 0.15) is 56.1 Å². The van der Waals surface area contributed by atoms with Crippen molar-refractivity contribution in [2.75, 3.05) is 32.2 Å². The predicted molar refractivity (Wildman–Crippen MR) is 132 cm³/mol. The number of carbonyl (C=O) groups excluding carboxylic acids is 1. The van der Waals surface area contributed by atoms with Crippen LogP contribution in [0, 0.1) is 11.8 Å². The van der Waals surface area contributed by atoms with Gasteiger partial charge in [0.05, 0.1) is 37.0 Å². The van der Waals surface area contributed by atoms with Crippen LogP contribution in [0.2, 0.25) is 5.02 Å². The van der Waals surface area contributed by atoms with Gasteiger partial charge in [-0.3, -0.25) is 4.79 Å². The lowest BCUT2D eigenvalue weighted by Gasteiger charge is -2.45. The van der Waals surface area contributed by atoms with Gasteiger partial charge in [-0.05, 0) is 54.7 Å². The molecule has 1 aromatic carbocycles. The molecule has 5 rings (SSSR count). The van der Waals surface area contributed by atoms with Crippen molar-refractivity contribution in [2.45, 2.75) is 57.0 Å². The first-order valence-corrected chi connectivity index (χ1v) is 12.6. The van der Waals surface area contributed by atoms with E-state index in [0.29, 0.717) is 16.8 Å². The number of nitrogens with zero attached hydrogens (tertiary/aromatic N) is 2. The molecule has 0 radical (unpaired) electrons. The van der Waals surface area contributed by atoms with E-state index in [0.717, 1.165) is 50.2 Å². The van der Waals surface area contributed by atoms with Crippen molar-refractivity contribution < 1.29 is 19.0 Å². The number of carbonyl (C=O) groups is 1. The minimum Gasteiger partial charge on any atom is -0.487 e. The fraction of sp³-hybridized carbons (Fsp3) is 0.556. The Hall–Kier alpha value is -2.47. The number of methoxy groups -OCH3 is 2. The molecule has 6 nitrogen and oxygen atoms in total. The molecule has 0 amide bonds. The summed E-state index contributed by atoms with van der Waals surface area (Å²) in [7, 11) is 3.09. The van der Waals surface area contributed by atoms with Crippen molar-refractivity contribution in [1.29, 1.82) is 0 Å². The van der Waals surface area contributed by atoms with E-state index in [4.69, 9.17) is 25.8 Å². The van der Waals surface area contributed by atoms with Gasteiger partial charge in [-0.15, -0.1) is 0 Å². The predicted octanol–water partition coefficient (Wildman–Crippen LogP) is 5.41. The summed E-state index contributed by atoms with van der Waals surface area (Å²) in [6.45, 7) is 3.73.